The number of nitrogens with zero attached hydrogens (tertiary/aromatic N) is 1. The molecular weight excluding hydrogens is 383 g/mol. The van der Waals surface area contributed by atoms with E-state index >= 15 is 0 Å². The number of halogens is 1. The lowest BCUT2D eigenvalue weighted by molar-refractivity contribution is 0.181. The van der Waals surface area contributed by atoms with Gasteiger partial charge in [0.2, 0.25) is 0 Å². The van der Waals surface area contributed by atoms with E-state index in [1.54, 1.807) is 23.5 Å². The maximum absolute atomic E-state index is 13.5. The van der Waals surface area contributed by atoms with E-state index < -0.39 is 0 Å². The fourth-order valence-corrected chi connectivity index (χ4v) is 5.62. The second-order valence-corrected chi connectivity index (χ2v) is 8.63. The number of hydrogen-bond donors (Lipinski definition) is 1. The fourth-order valence-electron chi connectivity index (χ4n) is 4.18. The Morgan fingerprint density at radius 2 is 1.90 bits per heavy atom. The fraction of sp³-hybridized carbons (Fsp3) is 0.292. The molecule has 1 aromatic heterocycles. The monoisotopic (exact) mass is 408 g/mol. The number of hydrogen-bond acceptors (Lipinski definition) is 2. The molecule has 2 heterocycles. The van der Waals surface area contributed by atoms with Gasteiger partial charge in [-0.05, 0) is 54.2 Å². The third-order valence-corrected chi connectivity index (χ3v) is 6.84. The first-order chi connectivity index (χ1) is 14.1. The van der Waals surface area contributed by atoms with E-state index in [2.05, 4.69) is 19.2 Å². The van der Waals surface area contributed by atoms with Crippen molar-refractivity contribution in [1.29, 1.82) is 0 Å². The molecule has 29 heavy (non-hydrogen) atoms. The molecule has 5 heteroatoms. The highest BCUT2D eigenvalue weighted by Gasteiger charge is 2.35. The zero-order valence-electron chi connectivity index (χ0n) is 16.7. The summed E-state index contributed by atoms with van der Waals surface area (Å²) >= 11 is 1.77. The second-order valence-electron chi connectivity index (χ2n) is 7.37. The number of carbonyl (C=O) groups excluding carboxylic acids is 1. The first-order valence-corrected chi connectivity index (χ1v) is 10.8. The topological polar surface area (TPSA) is 32.3 Å². The van der Waals surface area contributed by atoms with Gasteiger partial charge in [-0.15, -0.1) is 11.3 Å². The van der Waals surface area contributed by atoms with E-state index in [1.807, 2.05) is 35.2 Å². The summed E-state index contributed by atoms with van der Waals surface area (Å²) < 4.78 is 13.5. The Bertz CT molecular complexity index is 998. The number of carbonyl (C=O) groups is 1. The van der Waals surface area contributed by atoms with Crippen LogP contribution >= 0.6 is 11.3 Å². The minimum absolute atomic E-state index is 0.0853. The van der Waals surface area contributed by atoms with Crippen molar-refractivity contribution in [3.63, 3.8) is 0 Å². The Morgan fingerprint density at radius 1 is 1.17 bits per heavy atom. The number of rotatable bonds is 4. The van der Waals surface area contributed by atoms with Crippen molar-refractivity contribution in [1.82, 2.24) is 10.2 Å². The van der Waals surface area contributed by atoms with E-state index in [4.69, 9.17) is 0 Å². The van der Waals surface area contributed by atoms with Crippen LogP contribution in [0.15, 0.2) is 54.6 Å². The number of urea groups is 1. The van der Waals surface area contributed by atoms with Gasteiger partial charge in [0, 0.05) is 22.8 Å². The minimum Gasteiger partial charge on any atom is -0.334 e. The SMILES string of the molecule is CCc1c(C)sc2c1CCN(C(=O)NCc1ccccc1)[C@@H]2c1ccc(F)cc1. The highest BCUT2D eigenvalue weighted by molar-refractivity contribution is 7.12. The third kappa shape index (κ3) is 3.92. The molecule has 0 saturated heterocycles. The number of aryl methyl sites for hydroxylation is 1. The number of nitrogens with one attached hydrogen (secondary N) is 1. The van der Waals surface area contributed by atoms with Crippen LogP contribution in [0.25, 0.3) is 0 Å². The van der Waals surface area contributed by atoms with Gasteiger partial charge in [0.15, 0.2) is 0 Å². The molecule has 3 aromatic rings. The van der Waals surface area contributed by atoms with Crippen LogP contribution in [-0.2, 0) is 19.4 Å². The van der Waals surface area contributed by atoms with Gasteiger partial charge in [-0.1, -0.05) is 49.4 Å². The molecule has 0 spiro atoms. The van der Waals surface area contributed by atoms with Crippen LogP contribution in [0.2, 0.25) is 0 Å². The molecule has 0 fully saturated rings. The Morgan fingerprint density at radius 3 is 2.59 bits per heavy atom. The van der Waals surface area contributed by atoms with E-state index in [-0.39, 0.29) is 17.9 Å². The summed E-state index contributed by atoms with van der Waals surface area (Å²) in [6.07, 6.45) is 1.85. The quantitative estimate of drug-likeness (QED) is 0.597. The predicted octanol–water partition coefficient (Wildman–Crippen LogP) is 5.62. The number of fused-ring (bicyclic) bond motifs is 1. The average Bonchev–Trinajstić information content (AvgIpc) is 3.07. The maximum atomic E-state index is 13.5. The summed E-state index contributed by atoms with van der Waals surface area (Å²) in [5.41, 5.74) is 4.79. The summed E-state index contributed by atoms with van der Waals surface area (Å²) in [5.74, 6) is -0.263. The molecule has 2 aromatic carbocycles. The zero-order chi connectivity index (χ0) is 20.4. The summed E-state index contributed by atoms with van der Waals surface area (Å²) in [7, 11) is 0. The average molecular weight is 409 g/mol. The number of amides is 2. The predicted molar refractivity (Wildman–Crippen MR) is 116 cm³/mol. The van der Waals surface area contributed by atoms with Crippen molar-refractivity contribution in [2.75, 3.05) is 6.54 Å². The molecule has 4 rings (SSSR count). The smallest absolute Gasteiger partial charge is 0.318 e. The second kappa shape index (κ2) is 8.37. The van der Waals surface area contributed by atoms with Gasteiger partial charge in [-0.25, -0.2) is 9.18 Å². The molecular formula is C24H25FN2OS. The standard InChI is InChI=1S/C24H25FN2OS/c1-3-20-16(2)29-23-21(20)13-14-27(22(23)18-9-11-19(25)12-10-18)24(28)26-15-17-7-5-4-6-8-17/h4-12,22H,3,13-15H2,1-2H3,(H,26,28)/t22-/m1/s1. The van der Waals surface area contributed by atoms with Crippen LogP contribution in [0, 0.1) is 12.7 Å². The van der Waals surface area contributed by atoms with Crippen molar-refractivity contribution in [2.45, 2.75) is 39.3 Å². The molecule has 1 aliphatic heterocycles. The van der Waals surface area contributed by atoms with Crippen LogP contribution < -0.4 is 5.32 Å². The zero-order valence-corrected chi connectivity index (χ0v) is 17.6. The first-order valence-electron chi connectivity index (χ1n) is 10.0. The van der Waals surface area contributed by atoms with Gasteiger partial charge in [0.05, 0.1) is 6.04 Å². The van der Waals surface area contributed by atoms with Crippen LogP contribution in [0.3, 0.4) is 0 Å². The molecule has 3 nitrogen and oxygen atoms in total. The molecule has 0 aliphatic carbocycles. The molecule has 0 saturated carbocycles. The Hall–Kier alpha value is -2.66. The Labute approximate surface area is 175 Å². The van der Waals surface area contributed by atoms with Crippen LogP contribution in [0.1, 0.15) is 45.0 Å². The van der Waals surface area contributed by atoms with Crippen LogP contribution in [0.5, 0.6) is 0 Å². The van der Waals surface area contributed by atoms with Crippen molar-refractivity contribution in [3.8, 4) is 0 Å². The lowest BCUT2D eigenvalue weighted by Crippen LogP contribution is -2.45. The van der Waals surface area contributed by atoms with Crippen molar-refractivity contribution in [3.05, 3.63) is 92.4 Å². The summed E-state index contributed by atoms with van der Waals surface area (Å²) in [6.45, 7) is 5.48. The van der Waals surface area contributed by atoms with Gasteiger partial charge >= 0.3 is 6.03 Å². The highest BCUT2D eigenvalue weighted by atomic mass is 32.1. The summed E-state index contributed by atoms with van der Waals surface area (Å²) in [5, 5.41) is 3.06. The van der Waals surface area contributed by atoms with Gasteiger partial charge in [0.1, 0.15) is 5.82 Å². The molecule has 1 aliphatic rings. The number of benzene rings is 2. The van der Waals surface area contributed by atoms with Gasteiger partial charge in [-0.2, -0.15) is 0 Å². The third-order valence-electron chi connectivity index (χ3n) is 5.60. The van der Waals surface area contributed by atoms with E-state index in [9.17, 15) is 9.18 Å². The number of thiophene rings is 1. The first kappa shape index (κ1) is 19.6. The Kier molecular flexibility index (Phi) is 5.67. The van der Waals surface area contributed by atoms with Gasteiger partial charge in [-0.3, -0.25) is 0 Å². The van der Waals surface area contributed by atoms with Crippen molar-refractivity contribution in [2.24, 2.45) is 0 Å². The van der Waals surface area contributed by atoms with E-state index in [0.29, 0.717) is 13.1 Å². The Balaban J connectivity index is 1.66. The molecule has 0 unspecified atom stereocenters. The summed E-state index contributed by atoms with van der Waals surface area (Å²) in [6, 6.07) is 16.2. The molecule has 0 bridgehead atoms. The largest absolute Gasteiger partial charge is 0.334 e. The van der Waals surface area contributed by atoms with Gasteiger partial charge < -0.3 is 10.2 Å². The molecule has 2 amide bonds. The minimum atomic E-state index is -0.263. The van der Waals surface area contributed by atoms with Crippen LogP contribution in [-0.4, -0.2) is 17.5 Å². The lowest BCUT2D eigenvalue weighted by atomic mass is 9.92. The molecule has 0 radical (unpaired) electrons. The van der Waals surface area contributed by atoms with E-state index in [0.717, 1.165) is 24.0 Å². The van der Waals surface area contributed by atoms with Crippen LogP contribution in [0.4, 0.5) is 9.18 Å². The maximum Gasteiger partial charge on any atom is 0.318 e. The lowest BCUT2D eigenvalue weighted by Gasteiger charge is -2.36. The van der Waals surface area contributed by atoms with Crippen molar-refractivity contribution >= 4 is 17.4 Å². The highest BCUT2D eigenvalue weighted by Crippen LogP contribution is 2.42. The van der Waals surface area contributed by atoms with E-state index in [1.165, 1.54) is 33.0 Å². The molecule has 1 N–H and O–H groups in total. The molecule has 1 atom stereocenters. The van der Waals surface area contributed by atoms with Gasteiger partial charge in [0.25, 0.3) is 0 Å². The molecule has 150 valence electrons. The van der Waals surface area contributed by atoms with Crippen molar-refractivity contribution < 1.29 is 9.18 Å². The summed E-state index contributed by atoms with van der Waals surface area (Å²) in [4.78, 5) is 17.6. The normalized spacial score (nSPS) is 15.8.